The lowest BCUT2D eigenvalue weighted by Crippen LogP contribution is -2.34. The third-order valence-corrected chi connectivity index (χ3v) is 2.08. The summed E-state index contributed by atoms with van der Waals surface area (Å²) in [5, 5.41) is 10.6. The van der Waals surface area contributed by atoms with E-state index in [1.54, 1.807) is 6.92 Å². The number of esters is 1. The number of nitrogens with one attached hydrogen (secondary N) is 1. The first-order chi connectivity index (χ1) is 9.56. The molecule has 0 bridgehead atoms. The Morgan fingerprint density at radius 1 is 1.30 bits per heavy atom. The van der Waals surface area contributed by atoms with E-state index in [1.807, 2.05) is 11.4 Å². The zero-order valence-electron chi connectivity index (χ0n) is 10.7. The van der Waals surface area contributed by atoms with E-state index < -0.39 is 24.6 Å². The summed E-state index contributed by atoms with van der Waals surface area (Å²) < 4.78 is 9.19. The maximum absolute atomic E-state index is 11.6. The molecule has 0 aliphatic rings. The summed E-state index contributed by atoms with van der Waals surface area (Å²) in [5.74, 6) is -1.56. The fraction of sp³-hybridized carbons (Fsp3) is 0.231. The van der Waals surface area contributed by atoms with Gasteiger partial charge in [0.2, 0.25) is 0 Å². The van der Waals surface area contributed by atoms with Crippen molar-refractivity contribution in [2.45, 2.75) is 6.92 Å². The number of nitrogens with zero attached hydrogens (tertiary/aromatic N) is 1. The zero-order valence-corrected chi connectivity index (χ0v) is 10.7. The minimum Gasteiger partial charge on any atom is -0.452 e. The molecular formula is C13H12N2O5. The van der Waals surface area contributed by atoms with Crippen LogP contribution in [0.15, 0.2) is 24.3 Å². The van der Waals surface area contributed by atoms with Gasteiger partial charge >= 0.3 is 12.1 Å². The zero-order chi connectivity index (χ0) is 15.0. The summed E-state index contributed by atoms with van der Waals surface area (Å²) in [5.41, 5.74) is 0.448. The molecule has 1 aromatic carbocycles. The van der Waals surface area contributed by atoms with Gasteiger partial charge < -0.3 is 9.47 Å². The Hall–Kier alpha value is -2.88. The van der Waals surface area contributed by atoms with Crippen LogP contribution in [0.2, 0.25) is 0 Å². The molecule has 7 nitrogen and oxygen atoms in total. The van der Waals surface area contributed by atoms with Crippen LogP contribution in [0.25, 0.3) is 0 Å². The predicted molar refractivity (Wildman–Crippen MR) is 66.6 cm³/mol. The highest BCUT2D eigenvalue weighted by Gasteiger charge is 2.13. The number of carbonyl (C=O) groups excluding carboxylic acids is 3. The van der Waals surface area contributed by atoms with Crippen molar-refractivity contribution < 1.29 is 23.9 Å². The van der Waals surface area contributed by atoms with E-state index in [9.17, 15) is 14.4 Å². The molecule has 0 radical (unpaired) electrons. The summed E-state index contributed by atoms with van der Waals surface area (Å²) in [4.78, 5) is 33.8. The largest absolute Gasteiger partial charge is 0.452 e. The first-order valence-corrected chi connectivity index (χ1v) is 5.70. The van der Waals surface area contributed by atoms with E-state index in [0.29, 0.717) is 5.56 Å². The van der Waals surface area contributed by atoms with Crippen LogP contribution in [0.1, 0.15) is 22.8 Å². The van der Waals surface area contributed by atoms with Crippen molar-refractivity contribution in [1.29, 1.82) is 5.26 Å². The first kappa shape index (κ1) is 15.2. The molecule has 0 aromatic heterocycles. The molecule has 1 aromatic rings. The summed E-state index contributed by atoms with van der Waals surface area (Å²) in [6.07, 6.45) is -0.903. The molecule has 0 spiro atoms. The Balaban J connectivity index is 2.49. The van der Waals surface area contributed by atoms with Gasteiger partial charge in [-0.2, -0.15) is 5.26 Å². The number of imide groups is 1. The van der Waals surface area contributed by atoms with Gasteiger partial charge in [0.15, 0.2) is 6.61 Å². The van der Waals surface area contributed by atoms with Gasteiger partial charge in [0, 0.05) is 0 Å². The molecule has 20 heavy (non-hydrogen) atoms. The summed E-state index contributed by atoms with van der Waals surface area (Å²) in [6.45, 7) is 1.10. The van der Waals surface area contributed by atoms with Crippen molar-refractivity contribution in [3.63, 3.8) is 0 Å². The number of benzene rings is 1. The number of amides is 2. The average Bonchev–Trinajstić information content (AvgIpc) is 2.45. The fourth-order valence-corrected chi connectivity index (χ4v) is 1.25. The minimum atomic E-state index is -0.903. The van der Waals surface area contributed by atoms with E-state index in [1.165, 1.54) is 24.3 Å². The van der Waals surface area contributed by atoms with Gasteiger partial charge in [-0.05, 0) is 25.1 Å². The Bertz CT molecular complexity index is 562. The van der Waals surface area contributed by atoms with E-state index in [0.717, 1.165) is 0 Å². The van der Waals surface area contributed by atoms with Gasteiger partial charge in [0.05, 0.1) is 23.8 Å². The molecule has 1 N–H and O–H groups in total. The molecular weight excluding hydrogens is 264 g/mol. The molecule has 0 fully saturated rings. The molecule has 0 aliphatic heterocycles. The van der Waals surface area contributed by atoms with Crippen LogP contribution in [-0.4, -0.2) is 31.2 Å². The maximum atomic E-state index is 11.6. The molecule has 0 heterocycles. The Labute approximate surface area is 115 Å². The maximum Gasteiger partial charge on any atom is 0.413 e. The van der Waals surface area contributed by atoms with Crippen molar-refractivity contribution in [3.05, 3.63) is 35.4 Å². The smallest absolute Gasteiger partial charge is 0.413 e. The van der Waals surface area contributed by atoms with Crippen LogP contribution in [0, 0.1) is 11.3 Å². The Morgan fingerprint density at radius 2 is 2.05 bits per heavy atom. The molecule has 0 unspecified atom stereocenters. The second-order valence-electron chi connectivity index (χ2n) is 3.54. The topological polar surface area (TPSA) is 105 Å². The van der Waals surface area contributed by atoms with Crippen LogP contribution >= 0.6 is 0 Å². The third-order valence-electron chi connectivity index (χ3n) is 2.08. The number of hydrogen-bond acceptors (Lipinski definition) is 6. The standard InChI is InChI=1S/C13H12N2O5/c1-2-19-13(18)15-11(16)8-20-12(17)10-5-3-4-9(6-10)7-14/h3-6H,2,8H2,1H3,(H,15,16,18). The number of carbonyl (C=O) groups is 3. The average molecular weight is 276 g/mol. The molecule has 7 heteroatoms. The third kappa shape index (κ3) is 4.78. The second kappa shape index (κ2) is 7.53. The van der Waals surface area contributed by atoms with Crippen LogP contribution in [0.4, 0.5) is 4.79 Å². The summed E-state index contributed by atoms with van der Waals surface area (Å²) in [7, 11) is 0. The summed E-state index contributed by atoms with van der Waals surface area (Å²) >= 11 is 0. The fourth-order valence-electron chi connectivity index (χ4n) is 1.25. The van der Waals surface area contributed by atoms with E-state index >= 15 is 0 Å². The molecule has 0 aliphatic carbocycles. The summed E-state index contributed by atoms with van der Waals surface area (Å²) in [6, 6.07) is 7.72. The van der Waals surface area contributed by atoms with Crippen molar-refractivity contribution >= 4 is 18.0 Å². The number of ether oxygens (including phenoxy) is 2. The monoisotopic (exact) mass is 276 g/mol. The van der Waals surface area contributed by atoms with Crippen molar-refractivity contribution in [1.82, 2.24) is 5.32 Å². The highest BCUT2D eigenvalue weighted by atomic mass is 16.6. The Morgan fingerprint density at radius 3 is 2.70 bits per heavy atom. The Kier molecular flexibility index (Phi) is 5.72. The number of rotatable bonds is 4. The first-order valence-electron chi connectivity index (χ1n) is 5.70. The highest BCUT2D eigenvalue weighted by Crippen LogP contribution is 2.05. The molecule has 104 valence electrons. The molecule has 1 rings (SSSR count). The lowest BCUT2D eigenvalue weighted by molar-refractivity contribution is -0.123. The van der Waals surface area contributed by atoms with Gasteiger partial charge in [-0.15, -0.1) is 0 Å². The van der Waals surface area contributed by atoms with E-state index in [2.05, 4.69) is 4.74 Å². The number of alkyl carbamates (subject to hydrolysis) is 1. The molecule has 0 saturated carbocycles. The normalized spacial score (nSPS) is 9.20. The van der Waals surface area contributed by atoms with Gasteiger partial charge in [0.25, 0.3) is 5.91 Å². The SMILES string of the molecule is CCOC(=O)NC(=O)COC(=O)c1cccc(C#N)c1. The number of nitriles is 1. The van der Waals surface area contributed by atoms with E-state index in [4.69, 9.17) is 10.00 Å². The van der Waals surface area contributed by atoms with Crippen LogP contribution < -0.4 is 5.32 Å². The highest BCUT2D eigenvalue weighted by molar-refractivity contribution is 5.95. The van der Waals surface area contributed by atoms with Crippen LogP contribution in [-0.2, 0) is 14.3 Å². The van der Waals surface area contributed by atoms with Gasteiger partial charge in [0.1, 0.15) is 0 Å². The lowest BCUT2D eigenvalue weighted by Gasteiger charge is -2.05. The lowest BCUT2D eigenvalue weighted by atomic mass is 10.1. The molecule has 0 saturated heterocycles. The van der Waals surface area contributed by atoms with Crippen molar-refractivity contribution in [2.75, 3.05) is 13.2 Å². The minimum absolute atomic E-state index is 0.125. The van der Waals surface area contributed by atoms with Crippen molar-refractivity contribution in [2.24, 2.45) is 0 Å². The molecule has 0 atom stereocenters. The van der Waals surface area contributed by atoms with Crippen molar-refractivity contribution in [3.8, 4) is 6.07 Å². The number of hydrogen-bond donors (Lipinski definition) is 1. The van der Waals surface area contributed by atoms with Crippen LogP contribution in [0.3, 0.4) is 0 Å². The predicted octanol–water partition coefficient (Wildman–Crippen LogP) is 0.988. The van der Waals surface area contributed by atoms with Gasteiger partial charge in [-0.25, -0.2) is 9.59 Å². The molecule has 2 amide bonds. The van der Waals surface area contributed by atoms with Crippen LogP contribution in [0.5, 0.6) is 0 Å². The van der Waals surface area contributed by atoms with Gasteiger partial charge in [-0.1, -0.05) is 6.07 Å². The second-order valence-corrected chi connectivity index (χ2v) is 3.54. The van der Waals surface area contributed by atoms with E-state index in [-0.39, 0.29) is 12.2 Å². The van der Waals surface area contributed by atoms with Gasteiger partial charge in [-0.3, -0.25) is 10.1 Å². The quantitative estimate of drug-likeness (QED) is 0.822.